The first-order valence-corrected chi connectivity index (χ1v) is 6.34. The number of carbonyl (C=O) groups is 2. The van der Waals surface area contributed by atoms with Gasteiger partial charge in [0.25, 0.3) is 0 Å². The van der Waals surface area contributed by atoms with Gasteiger partial charge < -0.3 is 20.5 Å². The van der Waals surface area contributed by atoms with Gasteiger partial charge in [-0.15, -0.1) is 0 Å². The second-order valence-electron chi connectivity index (χ2n) is 4.17. The molecule has 0 saturated heterocycles. The zero-order valence-electron chi connectivity index (χ0n) is 11.4. The molecular formula is C13H19N3O4. The minimum atomic E-state index is -0.818. The molecule has 0 saturated carbocycles. The number of methoxy groups -OCH3 is 1. The van der Waals surface area contributed by atoms with Gasteiger partial charge in [0.1, 0.15) is 0 Å². The molecule has 0 atom stereocenters. The number of unbranched alkanes of at least 4 members (excludes halogenated alkanes) is 1. The lowest BCUT2D eigenvalue weighted by Crippen LogP contribution is -2.35. The summed E-state index contributed by atoms with van der Waals surface area (Å²) in [5.74, 6) is -0.293. The number of nitrogens with one attached hydrogen (secondary N) is 2. The Bertz CT molecular complexity index is 434. The van der Waals surface area contributed by atoms with Crippen LogP contribution in [-0.2, 0) is 11.3 Å². The van der Waals surface area contributed by atoms with Crippen molar-refractivity contribution in [2.24, 2.45) is 0 Å². The highest BCUT2D eigenvalue weighted by molar-refractivity contribution is 5.73. The van der Waals surface area contributed by atoms with Crippen molar-refractivity contribution in [2.75, 3.05) is 13.7 Å². The first-order valence-electron chi connectivity index (χ1n) is 6.34. The number of aliphatic carboxylic acids is 1. The summed E-state index contributed by atoms with van der Waals surface area (Å²) in [5.41, 5.74) is 0.867. The molecule has 2 amide bonds. The van der Waals surface area contributed by atoms with Crippen LogP contribution in [0.5, 0.6) is 5.88 Å². The van der Waals surface area contributed by atoms with Crippen molar-refractivity contribution in [2.45, 2.75) is 25.8 Å². The molecule has 0 unspecified atom stereocenters. The van der Waals surface area contributed by atoms with Crippen molar-refractivity contribution in [3.8, 4) is 5.88 Å². The van der Waals surface area contributed by atoms with Crippen LogP contribution in [-0.4, -0.2) is 35.7 Å². The molecule has 0 fully saturated rings. The third kappa shape index (κ3) is 6.58. The number of urea groups is 1. The van der Waals surface area contributed by atoms with Gasteiger partial charge in [0.05, 0.1) is 7.11 Å². The van der Waals surface area contributed by atoms with Gasteiger partial charge in [-0.3, -0.25) is 4.79 Å². The minimum Gasteiger partial charge on any atom is -0.481 e. The van der Waals surface area contributed by atoms with E-state index in [1.165, 1.54) is 7.11 Å². The van der Waals surface area contributed by atoms with Crippen LogP contribution in [0.15, 0.2) is 18.3 Å². The van der Waals surface area contributed by atoms with Crippen molar-refractivity contribution >= 4 is 12.0 Å². The smallest absolute Gasteiger partial charge is 0.315 e. The summed E-state index contributed by atoms with van der Waals surface area (Å²) in [6.07, 6.45) is 2.95. The second-order valence-corrected chi connectivity index (χ2v) is 4.17. The predicted molar refractivity (Wildman–Crippen MR) is 72.5 cm³/mol. The van der Waals surface area contributed by atoms with Crippen LogP contribution < -0.4 is 15.4 Å². The molecule has 0 spiro atoms. The Morgan fingerprint density at radius 3 is 2.70 bits per heavy atom. The molecule has 0 aliphatic heterocycles. The molecular weight excluding hydrogens is 262 g/mol. The number of aromatic nitrogens is 1. The van der Waals surface area contributed by atoms with E-state index in [9.17, 15) is 9.59 Å². The molecule has 1 aromatic heterocycles. The SMILES string of the molecule is COc1ccc(CNC(=O)NCCCCC(=O)O)cn1. The van der Waals surface area contributed by atoms with E-state index in [4.69, 9.17) is 9.84 Å². The lowest BCUT2D eigenvalue weighted by molar-refractivity contribution is -0.137. The molecule has 0 aromatic carbocycles. The van der Waals surface area contributed by atoms with E-state index >= 15 is 0 Å². The number of carboxylic acids is 1. The van der Waals surface area contributed by atoms with Crippen molar-refractivity contribution in [3.63, 3.8) is 0 Å². The van der Waals surface area contributed by atoms with Crippen molar-refractivity contribution in [3.05, 3.63) is 23.9 Å². The van der Waals surface area contributed by atoms with Crippen LogP contribution in [0.3, 0.4) is 0 Å². The van der Waals surface area contributed by atoms with Gasteiger partial charge >= 0.3 is 12.0 Å². The number of hydrogen-bond donors (Lipinski definition) is 3. The van der Waals surface area contributed by atoms with Crippen LogP contribution in [0, 0.1) is 0 Å². The number of pyridine rings is 1. The highest BCUT2D eigenvalue weighted by Crippen LogP contribution is 2.05. The predicted octanol–water partition coefficient (Wildman–Crippen LogP) is 1.14. The van der Waals surface area contributed by atoms with Crippen molar-refractivity contribution in [1.29, 1.82) is 0 Å². The fourth-order valence-corrected chi connectivity index (χ4v) is 1.48. The Morgan fingerprint density at radius 1 is 1.30 bits per heavy atom. The second kappa shape index (κ2) is 8.73. The number of nitrogens with zero attached hydrogens (tertiary/aromatic N) is 1. The van der Waals surface area contributed by atoms with E-state index in [0.717, 1.165) is 5.56 Å². The molecule has 0 aliphatic rings. The lowest BCUT2D eigenvalue weighted by atomic mass is 10.2. The van der Waals surface area contributed by atoms with Crippen LogP contribution >= 0.6 is 0 Å². The number of hydrogen-bond acceptors (Lipinski definition) is 4. The van der Waals surface area contributed by atoms with Gasteiger partial charge in [0.15, 0.2) is 0 Å². The first kappa shape index (κ1) is 15.7. The Kier molecular flexibility index (Phi) is 6.88. The quantitative estimate of drug-likeness (QED) is 0.620. The van der Waals surface area contributed by atoms with Gasteiger partial charge in [0, 0.05) is 31.8 Å². The normalized spacial score (nSPS) is 9.85. The van der Waals surface area contributed by atoms with Gasteiger partial charge in [-0.1, -0.05) is 6.07 Å². The number of amides is 2. The zero-order valence-corrected chi connectivity index (χ0v) is 11.4. The molecule has 1 rings (SSSR count). The fourth-order valence-electron chi connectivity index (χ4n) is 1.48. The molecule has 20 heavy (non-hydrogen) atoms. The summed E-state index contributed by atoms with van der Waals surface area (Å²) in [7, 11) is 1.54. The highest BCUT2D eigenvalue weighted by Gasteiger charge is 2.01. The molecule has 3 N–H and O–H groups in total. The average Bonchev–Trinajstić information content (AvgIpc) is 2.45. The Balaban J connectivity index is 2.14. The summed E-state index contributed by atoms with van der Waals surface area (Å²) in [4.78, 5) is 25.8. The minimum absolute atomic E-state index is 0.126. The summed E-state index contributed by atoms with van der Waals surface area (Å²) in [6, 6.07) is 3.26. The molecule has 0 aliphatic carbocycles. The van der Waals surface area contributed by atoms with E-state index in [1.807, 2.05) is 6.07 Å². The topological polar surface area (TPSA) is 101 Å². The number of ether oxygens (including phenoxy) is 1. The first-order chi connectivity index (χ1) is 9.61. The third-order valence-electron chi connectivity index (χ3n) is 2.56. The number of carboxylic acid groups (broad SMARTS) is 1. The molecule has 7 nitrogen and oxygen atoms in total. The molecule has 110 valence electrons. The summed E-state index contributed by atoms with van der Waals surface area (Å²) >= 11 is 0. The highest BCUT2D eigenvalue weighted by atomic mass is 16.5. The van der Waals surface area contributed by atoms with Crippen molar-refractivity contribution < 1.29 is 19.4 Å². The monoisotopic (exact) mass is 281 g/mol. The van der Waals surface area contributed by atoms with Gasteiger partial charge in [-0.25, -0.2) is 9.78 Å². The number of rotatable bonds is 8. The summed E-state index contributed by atoms with van der Waals surface area (Å²) in [5, 5.41) is 13.8. The van der Waals surface area contributed by atoms with E-state index in [2.05, 4.69) is 15.6 Å². The zero-order chi connectivity index (χ0) is 14.8. The Morgan fingerprint density at radius 2 is 2.10 bits per heavy atom. The van der Waals surface area contributed by atoms with Gasteiger partial charge in [-0.05, 0) is 18.4 Å². The Hall–Kier alpha value is -2.31. The van der Waals surface area contributed by atoms with Crippen molar-refractivity contribution in [1.82, 2.24) is 15.6 Å². The fraction of sp³-hybridized carbons (Fsp3) is 0.462. The van der Waals surface area contributed by atoms with Gasteiger partial charge in [-0.2, -0.15) is 0 Å². The maximum atomic E-state index is 11.5. The summed E-state index contributed by atoms with van der Waals surface area (Å²) < 4.78 is 4.94. The third-order valence-corrected chi connectivity index (χ3v) is 2.56. The van der Waals surface area contributed by atoms with Crippen LogP contribution in [0.25, 0.3) is 0 Å². The van der Waals surface area contributed by atoms with Crippen LogP contribution in [0.2, 0.25) is 0 Å². The largest absolute Gasteiger partial charge is 0.481 e. The van der Waals surface area contributed by atoms with Gasteiger partial charge in [0.2, 0.25) is 5.88 Å². The Labute approximate surface area is 117 Å². The molecule has 1 heterocycles. The summed E-state index contributed by atoms with van der Waals surface area (Å²) in [6.45, 7) is 0.831. The molecule has 1 aromatic rings. The molecule has 7 heteroatoms. The number of carbonyl (C=O) groups excluding carboxylic acids is 1. The standard InChI is InChI=1S/C13H19N3O4/c1-20-11-6-5-10(8-15-11)9-16-13(19)14-7-3-2-4-12(17)18/h5-6,8H,2-4,7,9H2,1H3,(H,17,18)(H2,14,16,19). The maximum absolute atomic E-state index is 11.5. The maximum Gasteiger partial charge on any atom is 0.315 e. The average molecular weight is 281 g/mol. The van der Waals surface area contributed by atoms with E-state index in [-0.39, 0.29) is 12.5 Å². The van der Waals surface area contributed by atoms with Crippen LogP contribution in [0.1, 0.15) is 24.8 Å². The lowest BCUT2D eigenvalue weighted by Gasteiger charge is -2.07. The van der Waals surface area contributed by atoms with Crippen LogP contribution in [0.4, 0.5) is 4.79 Å². The molecule has 0 bridgehead atoms. The molecule has 0 radical (unpaired) electrons. The van der Waals surface area contributed by atoms with E-state index in [0.29, 0.717) is 31.8 Å². The van der Waals surface area contributed by atoms with E-state index in [1.54, 1.807) is 12.3 Å². The van der Waals surface area contributed by atoms with E-state index < -0.39 is 5.97 Å².